The van der Waals surface area contributed by atoms with Crippen LogP contribution in [0.2, 0.25) is 0 Å². The second-order valence-electron chi connectivity index (χ2n) is 8.10. The Morgan fingerprint density at radius 1 is 1.21 bits per heavy atom. The number of likely N-dealkylation sites (tertiary alicyclic amines) is 1. The number of rotatable bonds is 14. The fourth-order valence-corrected chi connectivity index (χ4v) is 4.70. The summed E-state index contributed by atoms with van der Waals surface area (Å²) in [6.45, 7) is 0.366. The van der Waals surface area contributed by atoms with Gasteiger partial charge in [-0.1, -0.05) is 0 Å². The molecule has 4 atom stereocenters. The van der Waals surface area contributed by atoms with E-state index in [0.29, 0.717) is 49.4 Å². The quantitative estimate of drug-likeness (QED) is 0.226. The number of imidazole rings is 1. The number of carboxylic acid groups (broad SMARTS) is 1. The normalized spacial score (nSPS) is 18.2. The highest BCUT2D eigenvalue weighted by molar-refractivity contribution is 7.98. The maximum absolute atomic E-state index is 13.4. The number of hydrogen-bond donors (Lipinski definition) is 5. The van der Waals surface area contributed by atoms with Gasteiger partial charge in [0.2, 0.25) is 17.7 Å². The van der Waals surface area contributed by atoms with Crippen molar-refractivity contribution in [1.82, 2.24) is 25.5 Å². The number of aromatic amines is 1. The van der Waals surface area contributed by atoms with Crippen LogP contribution in [0.1, 0.15) is 31.4 Å². The van der Waals surface area contributed by atoms with Gasteiger partial charge < -0.3 is 31.4 Å². The molecule has 3 amide bonds. The number of aromatic nitrogens is 2. The van der Waals surface area contributed by atoms with E-state index in [-0.39, 0.29) is 12.3 Å². The third kappa shape index (κ3) is 8.20. The second kappa shape index (κ2) is 14.2. The minimum absolute atomic E-state index is 0.247. The van der Waals surface area contributed by atoms with Gasteiger partial charge in [-0.25, -0.2) is 9.78 Å². The van der Waals surface area contributed by atoms with Gasteiger partial charge >= 0.3 is 5.97 Å². The van der Waals surface area contributed by atoms with Crippen LogP contribution < -0.4 is 16.4 Å². The highest BCUT2D eigenvalue weighted by Gasteiger charge is 2.39. The van der Waals surface area contributed by atoms with Gasteiger partial charge in [0.1, 0.15) is 18.1 Å². The summed E-state index contributed by atoms with van der Waals surface area (Å²) in [7, 11) is 0. The zero-order chi connectivity index (χ0) is 25.1. The number of thioether (sulfide) groups is 2. The van der Waals surface area contributed by atoms with Crippen LogP contribution >= 0.6 is 23.5 Å². The number of carbonyl (C=O) groups is 4. The van der Waals surface area contributed by atoms with E-state index in [9.17, 15) is 24.3 Å². The van der Waals surface area contributed by atoms with Crippen LogP contribution in [0.15, 0.2) is 12.5 Å². The van der Waals surface area contributed by atoms with Gasteiger partial charge in [0.25, 0.3) is 0 Å². The first-order valence-corrected chi connectivity index (χ1v) is 13.9. The largest absolute Gasteiger partial charge is 0.480 e. The topological polar surface area (TPSA) is 171 Å². The molecule has 0 saturated carbocycles. The Hall–Kier alpha value is -2.25. The van der Waals surface area contributed by atoms with Crippen molar-refractivity contribution in [2.45, 2.75) is 56.3 Å². The van der Waals surface area contributed by atoms with Gasteiger partial charge in [0.15, 0.2) is 0 Å². The van der Waals surface area contributed by atoms with E-state index in [1.54, 1.807) is 18.0 Å². The molecule has 4 unspecified atom stereocenters. The highest BCUT2D eigenvalue weighted by atomic mass is 32.2. The molecule has 0 spiro atoms. The molecule has 1 aromatic heterocycles. The molecule has 190 valence electrons. The van der Waals surface area contributed by atoms with Crippen molar-refractivity contribution < 1.29 is 24.3 Å². The molecule has 13 heteroatoms. The number of carboxylic acids is 1. The minimum atomic E-state index is -1.10. The standard InChI is InChI=1S/C21H34N6O5S2/c1-33-8-5-15(25-18(28)14(22)10-13-11-23-12-24-13)20(30)27-7-3-4-17(27)19(29)26-16(21(31)32)6-9-34-2/h11-12,14-17H,3-10,22H2,1-2H3,(H,23,24)(H,25,28)(H,26,29)(H,31,32). The first-order valence-electron chi connectivity index (χ1n) is 11.1. The number of nitrogens with two attached hydrogens (primary N) is 1. The monoisotopic (exact) mass is 514 g/mol. The van der Waals surface area contributed by atoms with E-state index in [1.165, 1.54) is 23.0 Å². The maximum Gasteiger partial charge on any atom is 0.326 e. The second-order valence-corrected chi connectivity index (χ2v) is 10.1. The van der Waals surface area contributed by atoms with Gasteiger partial charge in [-0.15, -0.1) is 0 Å². The van der Waals surface area contributed by atoms with Crippen molar-refractivity contribution in [3.8, 4) is 0 Å². The van der Waals surface area contributed by atoms with E-state index >= 15 is 0 Å². The van der Waals surface area contributed by atoms with Gasteiger partial charge in [0.05, 0.1) is 12.4 Å². The number of nitrogens with zero attached hydrogens (tertiary/aromatic N) is 2. The summed E-state index contributed by atoms with van der Waals surface area (Å²) in [6, 6.07) is -3.47. The van der Waals surface area contributed by atoms with E-state index in [0.717, 1.165) is 0 Å². The predicted molar refractivity (Wildman–Crippen MR) is 132 cm³/mol. The Balaban J connectivity index is 2.06. The van der Waals surface area contributed by atoms with Crippen molar-refractivity contribution in [2.75, 3.05) is 30.6 Å². The van der Waals surface area contributed by atoms with E-state index < -0.39 is 42.0 Å². The van der Waals surface area contributed by atoms with Crippen LogP contribution in [0, 0.1) is 0 Å². The van der Waals surface area contributed by atoms with Crippen LogP contribution in [-0.4, -0.2) is 98.4 Å². The number of H-pyrrole nitrogens is 1. The lowest BCUT2D eigenvalue weighted by Crippen LogP contribution is -2.57. The summed E-state index contributed by atoms with van der Waals surface area (Å²) in [5.74, 6) is -1.18. The number of amides is 3. The van der Waals surface area contributed by atoms with Crippen molar-refractivity contribution in [2.24, 2.45) is 5.73 Å². The molecule has 1 saturated heterocycles. The fourth-order valence-electron chi connectivity index (χ4n) is 3.76. The molecule has 2 heterocycles. The first-order chi connectivity index (χ1) is 16.3. The molecule has 1 fully saturated rings. The molecular formula is C21H34N6O5S2. The Kier molecular flexibility index (Phi) is 11.7. The van der Waals surface area contributed by atoms with Crippen molar-refractivity contribution in [3.05, 3.63) is 18.2 Å². The SMILES string of the molecule is CSCCC(NC(=O)C1CCCN1C(=O)C(CCSC)NC(=O)C(N)Cc1cnc[nH]1)C(=O)O. The molecule has 6 N–H and O–H groups in total. The first kappa shape index (κ1) is 28.0. The maximum atomic E-state index is 13.4. The van der Waals surface area contributed by atoms with Gasteiger partial charge in [-0.3, -0.25) is 14.4 Å². The van der Waals surface area contributed by atoms with E-state index in [2.05, 4.69) is 20.6 Å². The zero-order valence-electron chi connectivity index (χ0n) is 19.5. The molecule has 11 nitrogen and oxygen atoms in total. The minimum Gasteiger partial charge on any atom is -0.480 e. The summed E-state index contributed by atoms with van der Waals surface area (Å²) >= 11 is 3.04. The Morgan fingerprint density at radius 2 is 1.88 bits per heavy atom. The van der Waals surface area contributed by atoms with Crippen LogP contribution in [0.3, 0.4) is 0 Å². The molecule has 1 aromatic rings. The average molecular weight is 515 g/mol. The molecule has 34 heavy (non-hydrogen) atoms. The highest BCUT2D eigenvalue weighted by Crippen LogP contribution is 2.20. The van der Waals surface area contributed by atoms with E-state index in [4.69, 9.17) is 5.73 Å². The molecule has 0 radical (unpaired) electrons. The van der Waals surface area contributed by atoms with Crippen molar-refractivity contribution in [1.29, 1.82) is 0 Å². The lowest BCUT2D eigenvalue weighted by Gasteiger charge is -2.30. The Morgan fingerprint density at radius 3 is 2.47 bits per heavy atom. The lowest BCUT2D eigenvalue weighted by atomic mass is 10.1. The summed E-state index contributed by atoms with van der Waals surface area (Å²) < 4.78 is 0. The number of carbonyl (C=O) groups excluding carboxylic acids is 3. The number of nitrogens with one attached hydrogen (secondary N) is 3. The third-order valence-electron chi connectivity index (χ3n) is 5.62. The summed E-state index contributed by atoms with van der Waals surface area (Å²) in [5.41, 5.74) is 6.73. The molecular weight excluding hydrogens is 480 g/mol. The Labute approximate surface area is 207 Å². The number of aliphatic carboxylic acids is 1. The molecule has 1 aliphatic heterocycles. The average Bonchev–Trinajstić information content (AvgIpc) is 3.50. The summed E-state index contributed by atoms with van der Waals surface area (Å²) in [5, 5.41) is 14.8. The van der Waals surface area contributed by atoms with Crippen LogP contribution in [0.25, 0.3) is 0 Å². The summed E-state index contributed by atoms with van der Waals surface area (Å²) in [6.07, 6.45) is 8.84. The molecule has 2 rings (SSSR count). The summed E-state index contributed by atoms with van der Waals surface area (Å²) in [4.78, 5) is 58.7. The van der Waals surface area contributed by atoms with Crippen LogP contribution in [-0.2, 0) is 25.6 Å². The van der Waals surface area contributed by atoms with Gasteiger partial charge in [-0.05, 0) is 49.7 Å². The van der Waals surface area contributed by atoms with Gasteiger partial charge in [-0.2, -0.15) is 23.5 Å². The van der Waals surface area contributed by atoms with Crippen LogP contribution in [0.4, 0.5) is 0 Å². The Bertz CT molecular complexity index is 825. The third-order valence-corrected chi connectivity index (χ3v) is 6.91. The fraction of sp³-hybridized carbons (Fsp3) is 0.667. The van der Waals surface area contributed by atoms with Crippen LogP contribution in [0.5, 0.6) is 0 Å². The smallest absolute Gasteiger partial charge is 0.326 e. The molecule has 0 aliphatic carbocycles. The zero-order valence-corrected chi connectivity index (χ0v) is 21.1. The predicted octanol–water partition coefficient (Wildman–Crippen LogP) is -0.169. The number of hydrogen-bond acceptors (Lipinski definition) is 8. The van der Waals surface area contributed by atoms with Crippen molar-refractivity contribution in [3.63, 3.8) is 0 Å². The van der Waals surface area contributed by atoms with Gasteiger partial charge in [0, 0.05) is 24.9 Å². The molecule has 0 aromatic carbocycles. The van der Waals surface area contributed by atoms with Crippen molar-refractivity contribution >= 4 is 47.2 Å². The molecule has 1 aliphatic rings. The van der Waals surface area contributed by atoms with E-state index in [1.807, 2.05) is 12.5 Å². The molecule has 0 bridgehead atoms. The lowest BCUT2D eigenvalue weighted by molar-refractivity contribution is -0.145.